The fraction of sp³-hybridized carbons (Fsp3) is 0.353. The number of hydrogen-bond donors (Lipinski definition) is 2. The van der Waals surface area contributed by atoms with Gasteiger partial charge in [-0.3, -0.25) is 9.48 Å². The predicted molar refractivity (Wildman–Crippen MR) is 88.7 cm³/mol. The third-order valence-corrected chi connectivity index (χ3v) is 4.40. The summed E-state index contributed by atoms with van der Waals surface area (Å²) in [7, 11) is 1.93. The van der Waals surface area contributed by atoms with Crippen LogP contribution in [0.2, 0.25) is 0 Å². The van der Waals surface area contributed by atoms with Gasteiger partial charge in [0, 0.05) is 50.5 Å². The van der Waals surface area contributed by atoms with Gasteiger partial charge in [-0.25, -0.2) is 0 Å². The first kappa shape index (κ1) is 14.9. The van der Waals surface area contributed by atoms with Crippen LogP contribution in [0.4, 0.5) is 0 Å². The van der Waals surface area contributed by atoms with Crippen LogP contribution in [0.1, 0.15) is 27.5 Å². The molecule has 7 nitrogen and oxygen atoms in total. The molecule has 0 bridgehead atoms. The van der Waals surface area contributed by atoms with Crippen LogP contribution in [-0.2, 0) is 26.4 Å². The number of aromatic nitrogens is 3. The quantitative estimate of drug-likeness (QED) is 0.752. The van der Waals surface area contributed by atoms with Crippen molar-refractivity contribution in [3.05, 3.63) is 47.0 Å². The molecule has 0 atom stereocenters. The molecule has 0 unspecified atom stereocenters. The van der Waals surface area contributed by atoms with E-state index in [1.54, 1.807) is 0 Å². The molecule has 0 spiro atoms. The van der Waals surface area contributed by atoms with Gasteiger partial charge in [-0.05, 0) is 6.07 Å². The molecule has 1 amide bonds. The number of amides is 1. The van der Waals surface area contributed by atoms with Gasteiger partial charge in [0.1, 0.15) is 0 Å². The van der Waals surface area contributed by atoms with Crippen molar-refractivity contribution in [2.75, 3.05) is 13.1 Å². The summed E-state index contributed by atoms with van der Waals surface area (Å²) in [6.07, 6.45) is 1.47. The lowest BCUT2D eigenvalue weighted by Crippen LogP contribution is -2.29. The summed E-state index contributed by atoms with van der Waals surface area (Å²) in [6, 6.07) is 8.09. The van der Waals surface area contributed by atoms with Gasteiger partial charge in [0.25, 0.3) is 5.91 Å². The van der Waals surface area contributed by atoms with Crippen molar-refractivity contribution in [3.8, 4) is 0 Å². The van der Waals surface area contributed by atoms with Crippen molar-refractivity contribution < 1.29 is 9.32 Å². The number of nitrogens with zero attached hydrogens (tertiary/aromatic N) is 3. The van der Waals surface area contributed by atoms with Crippen molar-refractivity contribution in [1.82, 2.24) is 25.6 Å². The van der Waals surface area contributed by atoms with Crippen molar-refractivity contribution in [1.29, 1.82) is 0 Å². The van der Waals surface area contributed by atoms with E-state index in [2.05, 4.69) is 27.0 Å². The predicted octanol–water partition coefficient (Wildman–Crippen LogP) is 1.18. The Hall–Kier alpha value is -2.67. The van der Waals surface area contributed by atoms with Gasteiger partial charge < -0.3 is 15.2 Å². The molecule has 124 valence electrons. The Morgan fingerprint density at radius 3 is 3.21 bits per heavy atom. The lowest BCUT2D eigenvalue weighted by Gasteiger charge is -2.11. The van der Waals surface area contributed by atoms with E-state index in [9.17, 15) is 4.79 Å². The summed E-state index contributed by atoms with van der Waals surface area (Å²) in [5, 5.41) is 15.8. The highest BCUT2D eigenvalue weighted by Gasteiger charge is 2.23. The van der Waals surface area contributed by atoms with Crippen LogP contribution in [0.15, 0.2) is 28.8 Å². The fourth-order valence-electron chi connectivity index (χ4n) is 3.17. The van der Waals surface area contributed by atoms with Gasteiger partial charge in [-0.15, -0.1) is 0 Å². The molecule has 1 aliphatic heterocycles. The number of carbonyl (C=O) groups excluding carboxylic acids is 1. The lowest BCUT2D eigenvalue weighted by molar-refractivity contribution is 0.0915. The fourth-order valence-corrected chi connectivity index (χ4v) is 3.17. The molecule has 0 radical (unpaired) electrons. The standard InChI is InChI=1S/C17H19N5O2/c1-22-15-5-3-2-4-11(15)13(20-22)7-9-19-17(23)16-12-10-18-8-6-14(12)21-24-16/h2-5,18H,6-10H2,1H3,(H,19,23). The second kappa shape index (κ2) is 6.09. The first-order valence-corrected chi connectivity index (χ1v) is 8.11. The van der Waals surface area contributed by atoms with E-state index in [1.807, 2.05) is 29.9 Å². The maximum atomic E-state index is 12.3. The zero-order valence-electron chi connectivity index (χ0n) is 13.5. The minimum Gasteiger partial charge on any atom is -0.350 e. The van der Waals surface area contributed by atoms with E-state index in [-0.39, 0.29) is 5.91 Å². The Kier molecular flexibility index (Phi) is 3.78. The second-order valence-corrected chi connectivity index (χ2v) is 5.96. The van der Waals surface area contributed by atoms with Crippen LogP contribution in [0.3, 0.4) is 0 Å². The summed E-state index contributed by atoms with van der Waals surface area (Å²) < 4.78 is 7.10. The number of carbonyl (C=O) groups is 1. The summed E-state index contributed by atoms with van der Waals surface area (Å²) in [6.45, 7) is 2.00. The Morgan fingerprint density at radius 2 is 2.29 bits per heavy atom. The van der Waals surface area contributed by atoms with Crippen LogP contribution in [-0.4, -0.2) is 33.9 Å². The van der Waals surface area contributed by atoms with Crippen LogP contribution in [0, 0.1) is 0 Å². The Balaban J connectivity index is 1.43. The zero-order chi connectivity index (χ0) is 16.5. The zero-order valence-corrected chi connectivity index (χ0v) is 13.5. The van der Waals surface area contributed by atoms with E-state index < -0.39 is 0 Å². The molecule has 0 saturated heterocycles. The minimum absolute atomic E-state index is 0.215. The molecule has 0 aliphatic carbocycles. The third-order valence-electron chi connectivity index (χ3n) is 4.40. The Bertz CT molecular complexity index is 896. The minimum atomic E-state index is -0.215. The monoisotopic (exact) mass is 325 g/mol. The third kappa shape index (κ3) is 2.56. The van der Waals surface area contributed by atoms with Crippen LogP contribution in [0.25, 0.3) is 10.9 Å². The Morgan fingerprint density at radius 1 is 1.42 bits per heavy atom. The largest absolute Gasteiger partial charge is 0.350 e. The summed E-state index contributed by atoms with van der Waals surface area (Å²) >= 11 is 0. The highest BCUT2D eigenvalue weighted by molar-refractivity contribution is 5.93. The number of hydrogen-bond acceptors (Lipinski definition) is 5. The number of nitrogens with one attached hydrogen (secondary N) is 2. The number of benzene rings is 1. The molecule has 0 fully saturated rings. The lowest BCUT2D eigenvalue weighted by atomic mass is 10.1. The van der Waals surface area contributed by atoms with Gasteiger partial charge >= 0.3 is 0 Å². The topological polar surface area (TPSA) is 85.0 Å². The first-order chi connectivity index (χ1) is 11.7. The van der Waals surface area contributed by atoms with Gasteiger partial charge in [-0.1, -0.05) is 23.4 Å². The first-order valence-electron chi connectivity index (χ1n) is 8.11. The molecule has 1 aromatic carbocycles. The van der Waals surface area contributed by atoms with Crippen LogP contribution >= 0.6 is 0 Å². The van der Waals surface area contributed by atoms with Gasteiger partial charge in [-0.2, -0.15) is 5.10 Å². The maximum Gasteiger partial charge on any atom is 0.290 e. The van der Waals surface area contributed by atoms with Crippen LogP contribution < -0.4 is 10.6 Å². The summed E-state index contributed by atoms with van der Waals surface area (Å²) in [5.74, 6) is 0.107. The van der Waals surface area contributed by atoms with Gasteiger partial charge in [0.15, 0.2) is 0 Å². The molecule has 4 rings (SSSR count). The molecule has 2 N–H and O–H groups in total. The van der Waals surface area contributed by atoms with Gasteiger partial charge in [0.05, 0.1) is 16.9 Å². The molecule has 0 saturated carbocycles. The molecule has 2 aromatic heterocycles. The molecule has 7 heteroatoms. The van der Waals surface area contributed by atoms with Crippen molar-refractivity contribution in [2.45, 2.75) is 19.4 Å². The normalized spacial score (nSPS) is 13.9. The number of para-hydroxylation sites is 1. The van der Waals surface area contributed by atoms with Crippen molar-refractivity contribution >= 4 is 16.8 Å². The molecule has 24 heavy (non-hydrogen) atoms. The van der Waals surface area contributed by atoms with E-state index in [4.69, 9.17) is 4.52 Å². The number of fused-ring (bicyclic) bond motifs is 2. The van der Waals surface area contributed by atoms with Crippen LogP contribution in [0.5, 0.6) is 0 Å². The molecule has 1 aliphatic rings. The smallest absolute Gasteiger partial charge is 0.290 e. The SMILES string of the molecule is Cn1nc(CCNC(=O)c2onc3c2CNCC3)c2ccccc21. The summed E-state index contributed by atoms with van der Waals surface area (Å²) in [5.41, 5.74) is 3.83. The second-order valence-electron chi connectivity index (χ2n) is 5.96. The molecular weight excluding hydrogens is 306 g/mol. The maximum absolute atomic E-state index is 12.3. The summed E-state index contributed by atoms with van der Waals surface area (Å²) in [4.78, 5) is 12.3. The molecule has 3 heterocycles. The molecular formula is C17H19N5O2. The van der Waals surface area contributed by atoms with E-state index in [0.29, 0.717) is 25.3 Å². The highest BCUT2D eigenvalue weighted by Crippen LogP contribution is 2.19. The van der Waals surface area contributed by atoms with E-state index >= 15 is 0 Å². The van der Waals surface area contributed by atoms with E-state index in [1.165, 1.54) is 0 Å². The molecule has 3 aromatic rings. The average Bonchev–Trinajstić information content (AvgIpc) is 3.17. The highest BCUT2D eigenvalue weighted by atomic mass is 16.5. The average molecular weight is 325 g/mol. The number of rotatable bonds is 4. The van der Waals surface area contributed by atoms with Gasteiger partial charge in [0.2, 0.25) is 5.76 Å². The van der Waals surface area contributed by atoms with Crippen molar-refractivity contribution in [3.63, 3.8) is 0 Å². The Labute approximate surface area is 139 Å². The van der Waals surface area contributed by atoms with E-state index in [0.717, 1.165) is 40.8 Å². The van der Waals surface area contributed by atoms with Crippen molar-refractivity contribution in [2.24, 2.45) is 7.05 Å². The number of aryl methyl sites for hydroxylation is 1.